The summed E-state index contributed by atoms with van der Waals surface area (Å²) < 4.78 is 7.68. The van der Waals surface area contributed by atoms with E-state index in [-0.39, 0.29) is 5.60 Å². The molecule has 0 saturated carbocycles. The Morgan fingerprint density at radius 3 is 2.92 bits per heavy atom. The fourth-order valence-electron chi connectivity index (χ4n) is 2.94. The number of rotatable bonds is 5. The quantitative estimate of drug-likeness (QED) is 0.652. The van der Waals surface area contributed by atoms with Crippen LogP contribution in [0.2, 0.25) is 0 Å². The Kier molecular flexibility index (Phi) is 5.15. The van der Waals surface area contributed by atoms with Crippen LogP contribution in [0.1, 0.15) is 25.3 Å². The summed E-state index contributed by atoms with van der Waals surface area (Å²) in [5.74, 6) is 0.780. The molecular formula is C18H25N5O. The van der Waals surface area contributed by atoms with E-state index in [1.165, 1.54) is 0 Å². The lowest BCUT2D eigenvalue weighted by molar-refractivity contribution is 0.0243. The largest absolute Gasteiger partial charge is 0.373 e. The Balaban J connectivity index is 1.60. The lowest BCUT2D eigenvalue weighted by Gasteiger charge is -2.24. The maximum absolute atomic E-state index is 5.81. The number of ether oxygens (including phenoxy) is 1. The van der Waals surface area contributed by atoms with Crippen LogP contribution in [0.15, 0.2) is 47.7 Å². The van der Waals surface area contributed by atoms with Gasteiger partial charge in [-0.2, -0.15) is 5.10 Å². The first kappa shape index (κ1) is 16.5. The summed E-state index contributed by atoms with van der Waals surface area (Å²) >= 11 is 0. The molecule has 128 valence electrons. The number of aromatic nitrogens is 2. The predicted molar refractivity (Wildman–Crippen MR) is 95.4 cm³/mol. The molecule has 2 heterocycles. The molecule has 1 unspecified atom stereocenters. The molecule has 1 fully saturated rings. The second-order valence-corrected chi connectivity index (χ2v) is 6.26. The fraction of sp³-hybridized carbons (Fsp3) is 0.444. The number of para-hydroxylation sites is 1. The van der Waals surface area contributed by atoms with Crippen molar-refractivity contribution in [3.63, 3.8) is 0 Å². The summed E-state index contributed by atoms with van der Waals surface area (Å²) in [6, 6.07) is 10.1. The molecule has 0 spiro atoms. The van der Waals surface area contributed by atoms with Crippen LogP contribution in [-0.2, 0) is 11.3 Å². The Labute approximate surface area is 142 Å². The summed E-state index contributed by atoms with van der Waals surface area (Å²) in [6.07, 6.45) is 5.94. The van der Waals surface area contributed by atoms with Gasteiger partial charge in [-0.1, -0.05) is 18.2 Å². The minimum absolute atomic E-state index is 0.0927. The molecule has 0 radical (unpaired) electrons. The van der Waals surface area contributed by atoms with Crippen LogP contribution in [-0.4, -0.2) is 41.5 Å². The van der Waals surface area contributed by atoms with Gasteiger partial charge >= 0.3 is 0 Å². The van der Waals surface area contributed by atoms with Crippen LogP contribution < -0.4 is 10.6 Å². The zero-order chi connectivity index (χ0) is 16.8. The molecule has 0 aliphatic carbocycles. The molecule has 1 aromatic heterocycles. The maximum atomic E-state index is 5.81. The molecule has 2 N–H and O–H groups in total. The van der Waals surface area contributed by atoms with E-state index in [2.05, 4.69) is 39.8 Å². The molecule has 24 heavy (non-hydrogen) atoms. The van der Waals surface area contributed by atoms with Crippen LogP contribution in [0.5, 0.6) is 0 Å². The summed E-state index contributed by atoms with van der Waals surface area (Å²) in [5.41, 5.74) is 2.13. The first-order chi connectivity index (χ1) is 11.7. The van der Waals surface area contributed by atoms with E-state index in [1.54, 1.807) is 13.2 Å². The molecule has 3 rings (SSSR count). The molecule has 1 aliphatic heterocycles. The van der Waals surface area contributed by atoms with Crippen LogP contribution in [0.4, 0.5) is 0 Å². The number of guanidine groups is 1. The second kappa shape index (κ2) is 7.49. The Morgan fingerprint density at radius 1 is 1.33 bits per heavy atom. The number of hydrogen-bond acceptors (Lipinski definition) is 3. The van der Waals surface area contributed by atoms with Gasteiger partial charge in [-0.05, 0) is 37.5 Å². The van der Waals surface area contributed by atoms with Crippen molar-refractivity contribution in [1.29, 1.82) is 0 Å². The van der Waals surface area contributed by atoms with Crippen molar-refractivity contribution in [2.75, 3.05) is 20.2 Å². The van der Waals surface area contributed by atoms with E-state index >= 15 is 0 Å². The average molecular weight is 327 g/mol. The lowest BCUT2D eigenvalue weighted by atomic mass is 10.0. The Bertz CT molecular complexity index is 674. The molecule has 0 bridgehead atoms. The number of benzene rings is 1. The van der Waals surface area contributed by atoms with Gasteiger partial charge in [0.05, 0.1) is 11.3 Å². The fourth-order valence-corrected chi connectivity index (χ4v) is 2.94. The summed E-state index contributed by atoms with van der Waals surface area (Å²) in [5, 5.41) is 11.1. The summed E-state index contributed by atoms with van der Waals surface area (Å²) in [7, 11) is 1.78. The van der Waals surface area contributed by atoms with Crippen LogP contribution in [0.25, 0.3) is 5.69 Å². The van der Waals surface area contributed by atoms with E-state index in [9.17, 15) is 0 Å². The molecule has 6 nitrogen and oxygen atoms in total. The smallest absolute Gasteiger partial charge is 0.191 e. The summed E-state index contributed by atoms with van der Waals surface area (Å²) in [4.78, 5) is 4.30. The van der Waals surface area contributed by atoms with Gasteiger partial charge in [0.1, 0.15) is 0 Å². The third-order valence-corrected chi connectivity index (χ3v) is 4.34. The highest BCUT2D eigenvalue weighted by Gasteiger charge is 2.29. The van der Waals surface area contributed by atoms with Gasteiger partial charge in [-0.3, -0.25) is 4.99 Å². The average Bonchev–Trinajstić information content (AvgIpc) is 3.27. The molecule has 1 aliphatic rings. The van der Waals surface area contributed by atoms with Gasteiger partial charge in [0, 0.05) is 39.1 Å². The summed E-state index contributed by atoms with van der Waals surface area (Å²) in [6.45, 7) is 4.43. The van der Waals surface area contributed by atoms with Gasteiger partial charge in [-0.25, -0.2) is 4.68 Å². The van der Waals surface area contributed by atoms with Crippen molar-refractivity contribution in [2.45, 2.75) is 31.9 Å². The van der Waals surface area contributed by atoms with Gasteiger partial charge < -0.3 is 15.4 Å². The number of hydrogen-bond donors (Lipinski definition) is 2. The first-order valence-corrected chi connectivity index (χ1v) is 8.37. The highest BCUT2D eigenvalue weighted by Crippen LogP contribution is 2.23. The van der Waals surface area contributed by atoms with Crippen molar-refractivity contribution < 1.29 is 4.74 Å². The molecule has 6 heteroatoms. The van der Waals surface area contributed by atoms with E-state index in [0.29, 0.717) is 6.54 Å². The highest BCUT2D eigenvalue weighted by atomic mass is 16.5. The van der Waals surface area contributed by atoms with Crippen molar-refractivity contribution in [2.24, 2.45) is 4.99 Å². The minimum Gasteiger partial charge on any atom is -0.373 e. The third kappa shape index (κ3) is 3.94. The standard InChI is InChI=1S/C18H25N5O/c1-18(9-5-12-24-18)14-21-17(19-2)20-13-15-7-3-4-8-16(15)23-11-6-10-22-23/h3-4,6-8,10-11H,5,9,12-14H2,1-2H3,(H2,19,20,21). The SMILES string of the molecule is CN=C(NCc1ccccc1-n1cccn1)NCC1(C)CCCO1. The number of nitrogens with zero attached hydrogens (tertiary/aromatic N) is 3. The topological polar surface area (TPSA) is 63.5 Å². The van der Waals surface area contributed by atoms with Crippen molar-refractivity contribution in [1.82, 2.24) is 20.4 Å². The molecule has 2 aromatic rings. The van der Waals surface area contributed by atoms with E-state index in [4.69, 9.17) is 4.74 Å². The van der Waals surface area contributed by atoms with E-state index in [0.717, 1.165) is 43.2 Å². The van der Waals surface area contributed by atoms with Gasteiger partial charge in [0.15, 0.2) is 5.96 Å². The van der Waals surface area contributed by atoms with Crippen molar-refractivity contribution in [3.05, 3.63) is 48.3 Å². The number of aliphatic imine (C=N–C) groups is 1. The molecule has 1 saturated heterocycles. The van der Waals surface area contributed by atoms with Gasteiger partial charge in [0.25, 0.3) is 0 Å². The van der Waals surface area contributed by atoms with Crippen LogP contribution in [0, 0.1) is 0 Å². The lowest BCUT2D eigenvalue weighted by Crippen LogP contribution is -2.45. The van der Waals surface area contributed by atoms with Crippen molar-refractivity contribution >= 4 is 5.96 Å². The monoisotopic (exact) mass is 327 g/mol. The zero-order valence-corrected chi connectivity index (χ0v) is 14.3. The maximum Gasteiger partial charge on any atom is 0.191 e. The van der Waals surface area contributed by atoms with E-state index < -0.39 is 0 Å². The van der Waals surface area contributed by atoms with Crippen LogP contribution in [0.3, 0.4) is 0 Å². The highest BCUT2D eigenvalue weighted by molar-refractivity contribution is 5.79. The number of nitrogens with one attached hydrogen (secondary N) is 2. The van der Waals surface area contributed by atoms with E-state index in [1.807, 2.05) is 29.1 Å². The normalized spacial score (nSPS) is 21.0. The molecule has 0 amide bonds. The van der Waals surface area contributed by atoms with Crippen molar-refractivity contribution in [3.8, 4) is 5.69 Å². The van der Waals surface area contributed by atoms with Crippen LogP contribution >= 0.6 is 0 Å². The second-order valence-electron chi connectivity index (χ2n) is 6.26. The van der Waals surface area contributed by atoms with Gasteiger partial charge in [-0.15, -0.1) is 0 Å². The molecular weight excluding hydrogens is 302 g/mol. The van der Waals surface area contributed by atoms with Gasteiger partial charge in [0.2, 0.25) is 0 Å². The zero-order valence-electron chi connectivity index (χ0n) is 14.3. The minimum atomic E-state index is -0.0927. The Hall–Kier alpha value is -2.34. The predicted octanol–water partition coefficient (Wildman–Crippen LogP) is 2.11. The third-order valence-electron chi connectivity index (χ3n) is 4.34. The molecule has 1 aromatic carbocycles. The first-order valence-electron chi connectivity index (χ1n) is 8.37. The molecule has 1 atom stereocenters. The Morgan fingerprint density at radius 2 is 2.21 bits per heavy atom.